The van der Waals surface area contributed by atoms with Crippen molar-refractivity contribution in [3.05, 3.63) is 18.0 Å². The molecule has 3 N–H and O–H groups in total. The molecule has 1 aliphatic rings. The van der Waals surface area contributed by atoms with E-state index >= 15 is 0 Å². The molecular formula is C19H31F3N6O. The van der Waals surface area contributed by atoms with Gasteiger partial charge in [0.25, 0.3) is 0 Å². The Labute approximate surface area is 169 Å². The van der Waals surface area contributed by atoms with Crippen LogP contribution in [-0.4, -0.2) is 55.8 Å². The van der Waals surface area contributed by atoms with Crippen LogP contribution in [-0.2, 0) is 10.9 Å². The lowest BCUT2D eigenvalue weighted by Gasteiger charge is -2.27. The molecule has 0 spiro atoms. The first-order valence-corrected chi connectivity index (χ1v) is 10.0. The quantitative estimate of drug-likeness (QED) is 0.309. The summed E-state index contributed by atoms with van der Waals surface area (Å²) in [7, 11) is 1.72. The third kappa shape index (κ3) is 7.68. The fraction of sp³-hybridized carbons (Fsp3) is 0.737. The first kappa shape index (κ1) is 23.2. The number of guanidine groups is 1. The van der Waals surface area contributed by atoms with Crippen LogP contribution >= 0.6 is 0 Å². The van der Waals surface area contributed by atoms with Crippen molar-refractivity contribution >= 4 is 11.9 Å². The van der Waals surface area contributed by atoms with E-state index < -0.39 is 11.9 Å². The minimum absolute atomic E-state index is 0.0481. The average molecular weight is 416 g/mol. The second kappa shape index (κ2) is 11.2. The number of aliphatic imine (C=N–C) groups is 1. The molecule has 1 aromatic heterocycles. The van der Waals surface area contributed by atoms with Gasteiger partial charge in [0.05, 0.1) is 0 Å². The van der Waals surface area contributed by atoms with Crippen molar-refractivity contribution in [1.29, 1.82) is 0 Å². The highest BCUT2D eigenvalue weighted by Gasteiger charge is 2.33. The van der Waals surface area contributed by atoms with Gasteiger partial charge >= 0.3 is 6.18 Å². The average Bonchev–Trinajstić information content (AvgIpc) is 3.16. The molecule has 7 nitrogen and oxygen atoms in total. The Morgan fingerprint density at radius 2 is 2.00 bits per heavy atom. The molecular weight excluding hydrogens is 385 g/mol. The number of nitrogens with zero attached hydrogens (tertiary/aromatic N) is 3. The summed E-state index contributed by atoms with van der Waals surface area (Å²) in [6.07, 6.45) is 2.39. The lowest BCUT2D eigenvalue weighted by molar-refractivity contribution is -0.141. The number of hydrogen-bond donors (Lipinski definition) is 3. The summed E-state index contributed by atoms with van der Waals surface area (Å²) in [6.45, 7) is 5.01. The summed E-state index contributed by atoms with van der Waals surface area (Å²) in [5.74, 6) is 0.649. The van der Waals surface area contributed by atoms with Crippen LogP contribution < -0.4 is 16.0 Å². The van der Waals surface area contributed by atoms with Gasteiger partial charge in [-0.2, -0.15) is 13.2 Å². The highest BCUT2D eigenvalue weighted by Crippen LogP contribution is 2.41. The van der Waals surface area contributed by atoms with Gasteiger partial charge in [-0.05, 0) is 37.7 Å². The molecule has 2 rings (SSSR count). The standard InChI is InChI=1S/C19H31F3N6O/c1-3-23-16(27-14-18(9-13-29-2)7-4-5-8-18)25-11-12-26-17-24-10-6-15(28-17)19(20,21)22/h6,10H,3-5,7-9,11-14H2,1-2H3,(H2,23,25,27)(H,24,26,28). The van der Waals surface area contributed by atoms with Gasteiger partial charge in [-0.15, -0.1) is 0 Å². The second-order valence-electron chi connectivity index (χ2n) is 7.26. The zero-order chi connectivity index (χ0) is 21.2. The molecule has 1 aliphatic carbocycles. The van der Waals surface area contributed by atoms with Crippen LogP contribution in [0.1, 0.15) is 44.7 Å². The van der Waals surface area contributed by atoms with Crippen molar-refractivity contribution in [2.24, 2.45) is 10.4 Å². The molecule has 0 amide bonds. The van der Waals surface area contributed by atoms with Crippen molar-refractivity contribution in [1.82, 2.24) is 20.6 Å². The summed E-state index contributed by atoms with van der Waals surface area (Å²) < 4.78 is 43.4. The topological polar surface area (TPSA) is 83.5 Å². The second-order valence-corrected chi connectivity index (χ2v) is 7.26. The van der Waals surface area contributed by atoms with Crippen LogP contribution in [0.5, 0.6) is 0 Å². The van der Waals surface area contributed by atoms with Crippen molar-refractivity contribution in [2.45, 2.75) is 45.2 Å². The molecule has 0 aromatic carbocycles. The smallest absolute Gasteiger partial charge is 0.385 e. The van der Waals surface area contributed by atoms with Crippen molar-refractivity contribution in [2.75, 3.05) is 45.2 Å². The molecule has 1 aromatic rings. The van der Waals surface area contributed by atoms with Gasteiger partial charge in [0, 0.05) is 46.1 Å². The van der Waals surface area contributed by atoms with E-state index in [1.54, 1.807) is 7.11 Å². The highest BCUT2D eigenvalue weighted by atomic mass is 19.4. The van der Waals surface area contributed by atoms with Crippen LogP contribution in [0.15, 0.2) is 17.3 Å². The number of methoxy groups -OCH3 is 1. The number of halogens is 3. The van der Waals surface area contributed by atoms with Crippen molar-refractivity contribution < 1.29 is 17.9 Å². The predicted octanol–water partition coefficient (Wildman–Crippen LogP) is 3.06. The maximum atomic E-state index is 12.7. The van der Waals surface area contributed by atoms with Crippen molar-refractivity contribution in [3.63, 3.8) is 0 Å². The van der Waals surface area contributed by atoms with E-state index in [0.717, 1.165) is 51.2 Å². The van der Waals surface area contributed by atoms with E-state index in [4.69, 9.17) is 9.73 Å². The van der Waals surface area contributed by atoms with E-state index in [0.29, 0.717) is 19.0 Å². The Hall–Kier alpha value is -2.10. The van der Waals surface area contributed by atoms with E-state index in [1.807, 2.05) is 6.92 Å². The monoisotopic (exact) mass is 416 g/mol. The Morgan fingerprint density at radius 3 is 2.66 bits per heavy atom. The first-order chi connectivity index (χ1) is 13.9. The van der Waals surface area contributed by atoms with Gasteiger partial charge in [-0.25, -0.2) is 9.97 Å². The summed E-state index contributed by atoms with van der Waals surface area (Å²) in [6, 6.07) is 0.849. The molecule has 29 heavy (non-hydrogen) atoms. The summed E-state index contributed by atoms with van der Waals surface area (Å²) in [5.41, 5.74) is -0.765. The Morgan fingerprint density at radius 1 is 1.24 bits per heavy atom. The number of hydrogen-bond acceptors (Lipinski definition) is 5. The SMILES string of the molecule is CCNC(=NCC1(CCOC)CCCC1)NCCNc1nccc(C(F)(F)F)n1. The summed E-state index contributed by atoms with van der Waals surface area (Å²) in [5, 5.41) is 9.21. The minimum Gasteiger partial charge on any atom is -0.385 e. The van der Waals surface area contributed by atoms with Gasteiger partial charge < -0.3 is 20.7 Å². The summed E-state index contributed by atoms with van der Waals surface area (Å²) >= 11 is 0. The lowest BCUT2D eigenvalue weighted by Crippen LogP contribution is -2.40. The zero-order valence-electron chi connectivity index (χ0n) is 17.1. The number of alkyl halides is 3. The molecule has 1 heterocycles. The van der Waals surface area contributed by atoms with E-state index in [9.17, 15) is 13.2 Å². The first-order valence-electron chi connectivity index (χ1n) is 10.0. The highest BCUT2D eigenvalue weighted by molar-refractivity contribution is 5.79. The predicted molar refractivity (Wildman–Crippen MR) is 107 cm³/mol. The maximum absolute atomic E-state index is 12.7. The normalized spacial score (nSPS) is 16.7. The van der Waals surface area contributed by atoms with Gasteiger partial charge in [-0.3, -0.25) is 4.99 Å². The van der Waals surface area contributed by atoms with Gasteiger partial charge in [0.2, 0.25) is 5.95 Å². The van der Waals surface area contributed by atoms with Crippen LogP contribution in [0.25, 0.3) is 0 Å². The Balaban J connectivity index is 1.85. The molecule has 0 radical (unpaired) electrons. The van der Waals surface area contributed by atoms with E-state index in [2.05, 4.69) is 25.9 Å². The number of aromatic nitrogens is 2. The largest absolute Gasteiger partial charge is 0.433 e. The fourth-order valence-electron chi connectivity index (χ4n) is 3.48. The maximum Gasteiger partial charge on any atom is 0.433 e. The minimum atomic E-state index is -4.48. The molecule has 1 saturated carbocycles. The summed E-state index contributed by atoms with van der Waals surface area (Å²) in [4.78, 5) is 12.1. The van der Waals surface area contributed by atoms with Gasteiger partial charge in [0.15, 0.2) is 5.96 Å². The van der Waals surface area contributed by atoms with E-state index in [-0.39, 0.29) is 11.4 Å². The fourth-order valence-corrected chi connectivity index (χ4v) is 3.48. The van der Waals surface area contributed by atoms with Crippen LogP contribution in [0, 0.1) is 5.41 Å². The lowest BCUT2D eigenvalue weighted by atomic mass is 9.83. The van der Waals surface area contributed by atoms with Gasteiger partial charge in [-0.1, -0.05) is 12.8 Å². The molecule has 164 valence electrons. The number of ether oxygens (including phenoxy) is 1. The zero-order valence-corrected chi connectivity index (χ0v) is 17.1. The number of anilines is 1. The molecule has 0 unspecified atom stereocenters. The van der Waals surface area contributed by atoms with E-state index in [1.165, 1.54) is 12.8 Å². The number of nitrogens with one attached hydrogen (secondary N) is 3. The molecule has 0 atom stereocenters. The molecule has 0 aliphatic heterocycles. The third-order valence-electron chi connectivity index (χ3n) is 5.06. The molecule has 0 saturated heterocycles. The van der Waals surface area contributed by atoms with Gasteiger partial charge in [0.1, 0.15) is 5.69 Å². The number of rotatable bonds is 10. The van der Waals surface area contributed by atoms with Crippen molar-refractivity contribution in [3.8, 4) is 0 Å². The Kier molecular flexibility index (Phi) is 8.94. The van der Waals surface area contributed by atoms with Crippen LogP contribution in [0.2, 0.25) is 0 Å². The third-order valence-corrected chi connectivity index (χ3v) is 5.06. The van der Waals surface area contributed by atoms with Crippen LogP contribution in [0.3, 0.4) is 0 Å². The molecule has 10 heteroatoms. The van der Waals surface area contributed by atoms with Crippen LogP contribution in [0.4, 0.5) is 19.1 Å². The molecule has 0 bridgehead atoms. The Bertz CT molecular complexity index is 647. The molecule has 1 fully saturated rings.